The zero-order valence-corrected chi connectivity index (χ0v) is 11.6. The Hall–Kier alpha value is -1.74. The topological polar surface area (TPSA) is 37.8 Å². The predicted octanol–water partition coefficient (Wildman–Crippen LogP) is 3.07. The average Bonchev–Trinajstić information content (AvgIpc) is 2.44. The van der Waals surface area contributed by atoms with E-state index < -0.39 is 0 Å². The van der Waals surface area contributed by atoms with E-state index in [1.54, 1.807) is 0 Å². The first kappa shape index (κ1) is 13.7. The average molecular weight is 255 g/mol. The number of aromatic nitrogens is 2. The lowest BCUT2D eigenvalue weighted by molar-refractivity contribution is 0.513. The maximum absolute atomic E-state index is 4.29. The van der Waals surface area contributed by atoms with Crippen LogP contribution >= 0.6 is 0 Å². The van der Waals surface area contributed by atoms with E-state index >= 15 is 0 Å². The molecule has 2 aromatic heterocycles. The van der Waals surface area contributed by atoms with E-state index in [-0.39, 0.29) is 0 Å². The van der Waals surface area contributed by atoms with E-state index in [2.05, 4.69) is 41.3 Å². The van der Waals surface area contributed by atoms with Gasteiger partial charge in [-0.05, 0) is 49.1 Å². The molecule has 3 heteroatoms. The molecule has 3 nitrogen and oxygen atoms in total. The van der Waals surface area contributed by atoms with Crippen LogP contribution in [0.5, 0.6) is 0 Å². The van der Waals surface area contributed by atoms with E-state index in [9.17, 15) is 0 Å². The van der Waals surface area contributed by atoms with Crippen LogP contribution in [-0.2, 0) is 6.42 Å². The first-order chi connectivity index (χ1) is 9.29. The van der Waals surface area contributed by atoms with Crippen LogP contribution in [0, 0.1) is 6.92 Å². The van der Waals surface area contributed by atoms with Crippen molar-refractivity contribution in [2.45, 2.75) is 32.7 Å². The molecular formula is C16H21N3. The number of hydrogen-bond acceptors (Lipinski definition) is 3. The third-order valence-electron chi connectivity index (χ3n) is 3.19. The molecule has 0 radical (unpaired) electrons. The minimum absolute atomic E-state index is 0.359. The van der Waals surface area contributed by atoms with Gasteiger partial charge in [0.25, 0.3) is 0 Å². The Balaban J connectivity index is 2.04. The molecule has 0 aliphatic rings. The molecule has 1 unspecified atom stereocenters. The molecule has 0 saturated heterocycles. The lowest BCUT2D eigenvalue weighted by atomic mass is 10.00. The zero-order chi connectivity index (χ0) is 13.5. The molecule has 0 aliphatic heterocycles. The number of hydrogen-bond donors (Lipinski definition) is 1. The van der Waals surface area contributed by atoms with Crippen LogP contribution < -0.4 is 5.32 Å². The van der Waals surface area contributed by atoms with Crippen LogP contribution in [0.1, 0.15) is 36.1 Å². The van der Waals surface area contributed by atoms with Gasteiger partial charge in [0.2, 0.25) is 0 Å². The van der Waals surface area contributed by atoms with Crippen LogP contribution in [0.3, 0.4) is 0 Å². The van der Waals surface area contributed by atoms with Gasteiger partial charge >= 0.3 is 0 Å². The maximum Gasteiger partial charge on any atom is 0.0338 e. The van der Waals surface area contributed by atoms with Gasteiger partial charge in [-0.3, -0.25) is 9.97 Å². The molecule has 1 atom stereocenters. The Labute approximate surface area is 115 Å². The molecule has 0 bridgehead atoms. The summed E-state index contributed by atoms with van der Waals surface area (Å²) in [6.45, 7) is 5.19. The van der Waals surface area contributed by atoms with Crippen LogP contribution in [0.4, 0.5) is 0 Å². The Morgan fingerprint density at radius 2 is 2.11 bits per heavy atom. The summed E-state index contributed by atoms with van der Waals surface area (Å²) in [4.78, 5) is 8.45. The zero-order valence-electron chi connectivity index (χ0n) is 11.6. The van der Waals surface area contributed by atoms with Crippen molar-refractivity contribution < 1.29 is 0 Å². The Morgan fingerprint density at radius 1 is 1.21 bits per heavy atom. The second kappa shape index (κ2) is 7.00. The smallest absolute Gasteiger partial charge is 0.0338 e. The fourth-order valence-electron chi connectivity index (χ4n) is 2.26. The number of nitrogens with zero attached hydrogens (tertiary/aromatic N) is 2. The summed E-state index contributed by atoms with van der Waals surface area (Å²) in [5.74, 6) is 0. The van der Waals surface area contributed by atoms with Crippen molar-refractivity contribution in [1.82, 2.24) is 15.3 Å². The number of nitrogens with one attached hydrogen (secondary N) is 1. The van der Waals surface area contributed by atoms with Crippen molar-refractivity contribution >= 4 is 0 Å². The van der Waals surface area contributed by atoms with Crippen molar-refractivity contribution in [2.24, 2.45) is 0 Å². The summed E-state index contributed by atoms with van der Waals surface area (Å²) in [7, 11) is 0. The third-order valence-corrected chi connectivity index (χ3v) is 3.19. The standard InChI is InChI=1S/C16H21N3/c1-3-19-16(15-9-13(2)10-18-12-15)7-6-14-5-4-8-17-11-14/h4-5,8-12,16,19H,3,6-7H2,1-2H3. The minimum atomic E-state index is 0.359. The Kier molecular flexibility index (Phi) is 5.04. The van der Waals surface area contributed by atoms with Crippen molar-refractivity contribution in [2.75, 3.05) is 6.54 Å². The summed E-state index contributed by atoms with van der Waals surface area (Å²) in [6, 6.07) is 6.69. The van der Waals surface area contributed by atoms with E-state index in [1.165, 1.54) is 16.7 Å². The first-order valence-electron chi connectivity index (χ1n) is 6.83. The Bertz CT molecular complexity index is 496. The minimum Gasteiger partial charge on any atom is -0.310 e. The van der Waals surface area contributed by atoms with Gasteiger partial charge in [0.15, 0.2) is 0 Å². The monoisotopic (exact) mass is 255 g/mol. The lowest BCUT2D eigenvalue weighted by Crippen LogP contribution is -2.21. The fourth-order valence-corrected chi connectivity index (χ4v) is 2.26. The SMILES string of the molecule is CCNC(CCc1cccnc1)c1cncc(C)c1. The first-order valence-corrected chi connectivity index (χ1v) is 6.83. The predicted molar refractivity (Wildman–Crippen MR) is 77.9 cm³/mol. The molecule has 0 fully saturated rings. The van der Waals surface area contributed by atoms with Crippen molar-refractivity contribution in [3.8, 4) is 0 Å². The van der Waals surface area contributed by atoms with E-state index in [1.807, 2.05) is 30.9 Å². The fraction of sp³-hybridized carbons (Fsp3) is 0.375. The Morgan fingerprint density at radius 3 is 2.79 bits per heavy atom. The highest BCUT2D eigenvalue weighted by Crippen LogP contribution is 2.19. The van der Waals surface area contributed by atoms with Gasteiger partial charge in [0.1, 0.15) is 0 Å². The second-order valence-electron chi connectivity index (χ2n) is 4.81. The molecule has 0 aromatic carbocycles. The third kappa shape index (κ3) is 4.14. The van der Waals surface area contributed by atoms with Crippen LogP contribution in [-0.4, -0.2) is 16.5 Å². The molecule has 2 aromatic rings. The van der Waals surface area contributed by atoms with Gasteiger partial charge in [0.05, 0.1) is 0 Å². The highest BCUT2D eigenvalue weighted by atomic mass is 14.9. The molecule has 2 rings (SSSR count). The molecule has 2 heterocycles. The van der Waals surface area contributed by atoms with Gasteiger partial charge in [-0.25, -0.2) is 0 Å². The molecule has 19 heavy (non-hydrogen) atoms. The van der Waals surface area contributed by atoms with Gasteiger partial charge in [-0.1, -0.05) is 19.1 Å². The molecule has 0 spiro atoms. The van der Waals surface area contributed by atoms with Gasteiger partial charge in [-0.2, -0.15) is 0 Å². The maximum atomic E-state index is 4.29. The quantitative estimate of drug-likeness (QED) is 0.862. The van der Waals surface area contributed by atoms with Crippen LogP contribution in [0.25, 0.3) is 0 Å². The van der Waals surface area contributed by atoms with Crippen molar-refractivity contribution in [3.05, 3.63) is 59.7 Å². The molecule has 0 amide bonds. The molecule has 0 saturated carbocycles. The van der Waals surface area contributed by atoms with Gasteiger partial charge in [-0.15, -0.1) is 0 Å². The normalized spacial score (nSPS) is 12.3. The number of pyridine rings is 2. The molecule has 0 aliphatic carbocycles. The van der Waals surface area contributed by atoms with E-state index in [0.717, 1.165) is 19.4 Å². The summed E-state index contributed by atoms with van der Waals surface area (Å²) in [5.41, 5.74) is 3.76. The summed E-state index contributed by atoms with van der Waals surface area (Å²) >= 11 is 0. The van der Waals surface area contributed by atoms with E-state index in [4.69, 9.17) is 0 Å². The van der Waals surface area contributed by atoms with Crippen LogP contribution in [0.2, 0.25) is 0 Å². The summed E-state index contributed by atoms with van der Waals surface area (Å²) < 4.78 is 0. The van der Waals surface area contributed by atoms with Gasteiger partial charge in [0, 0.05) is 30.8 Å². The lowest BCUT2D eigenvalue weighted by Gasteiger charge is -2.18. The van der Waals surface area contributed by atoms with E-state index in [0.29, 0.717) is 6.04 Å². The second-order valence-corrected chi connectivity index (χ2v) is 4.81. The molecule has 100 valence electrons. The molecule has 1 N–H and O–H groups in total. The highest BCUT2D eigenvalue weighted by molar-refractivity contribution is 5.21. The summed E-state index contributed by atoms with van der Waals surface area (Å²) in [5, 5.41) is 3.54. The van der Waals surface area contributed by atoms with Crippen molar-refractivity contribution in [1.29, 1.82) is 0 Å². The highest BCUT2D eigenvalue weighted by Gasteiger charge is 2.10. The van der Waals surface area contributed by atoms with Gasteiger partial charge < -0.3 is 5.32 Å². The van der Waals surface area contributed by atoms with Crippen LogP contribution in [0.15, 0.2) is 43.0 Å². The molecular weight excluding hydrogens is 234 g/mol. The largest absolute Gasteiger partial charge is 0.310 e. The summed E-state index contributed by atoms with van der Waals surface area (Å²) in [6.07, 6.45) is 9.70. The number of rotatable bonds is 6. The van der Waals surface area contributed by atoms with Crippen molar-refractivity contribution in [3.63, 3.8) is 0 Å². The number of aryl methyl sites for hydroxylation is 2.